The quantitative estimate of drug-likeness (QED) is 0.849. The summed E-state index contributed by atoms with van der Waals surface area (Å²) in [4.78, 5) is 2.59. The number of morpholine rings is 1. The van der Waals surface area contributed by atoms with Crippen LogP contribution in [0.3, 0.4) is 0 Å². The molecule has 3 nitrogen and oxygen atoms in total. The number of likely N-dealkylation sites (N-methyl/N-ethyl adjacent to an activating group) is 1. The number of ether oxygens (including phenoxy) is 1. The maximum absolute atomic E-state index is 5.52. The summed E-state index contributed by atoms with van der Waals surface area (Å²) < 4.78 is 6.72. The topological polar surface area (TPSA) is 24.5 Å². The van der Waals surface area contributed by atoms with Gasteiger partial charge in [-0.1, -0.05) is 41.1 Å². The van der Waals surface area contributed by atoms with E-state index in [9.17, 15) is 0 Å². The van der Waals surface area contributed by atoms with E-state index in [1.165, 1.54) is 10.0 Å². The van der Waals surface area contributed by atoms with Gasteiger partial charge in [-0.15, -0.1) is 0 Å². The molecule has 1 aliphatic rings. The Hall–Kier alpha value is -0.420. The van der Waals surface area contributed by atoms with Gasteiger partial charge in [0.25, 0.3) is 0 Å². The Bertz CT molecular complexity index is 448. The summed E-state index contributed by atoms with van der Waals surface area (Å²) in [5.74, 6) is 0. The van der Waals surface area contributed by atoms with Gasteiger partial charge in [-0.05, 0) is 38.4 Å². The van der Waals surface area contributed by atoms with Gasteiger partial charge in [0, 0.05) is 29.1 Å². The van der Waals surface area contributed by atoms with Gasteiger partial charge in [0.05, 0.1) is 13.2 Å². The first-order valence-corrected chi connectivity index (χ1v) is 8.64. The number of hydrogen-bond donors (Lipinski definition) is 1. The van der Waals surface area contributed by atoms with Gasteiger partial charge in [-0.2, -0.15) is 0 Å². The molecule has 0 aromatic heterocycles. The fourth-order valence-electron chi connectivity index (χ4n) is 3.28. The molecule has 21 heavy (non-hydrogen) atoms. The Morgan fingerprint density at radius 2 is 2.00 bits per heavy atom. The minimum Gasteiger partial charge on any atom is -0.379 e. The first kappa shape index (κ1) is 16.9. The number of nitrogens with one attached hydrogen (secondary N) is 1. The maximum Gasteiger partial charge on any atom is 0.0594 e. The fourth-order valence-corrected chi connectivity index (χ4v) is 3.73. The SMILES string of the molecule is CCC(C)(C(Cc1ccccc1Br)NC)N1CCOCC1. The molecule has 2 rings (SSSR count). The third-order valence-electron chi connectivity index (χ3n) is 4.93. The van der Waals surface area contributed by atoms with Crippen LogP contribution in [0.25, 0.3) is 0 Å². The molecule has 0 amide bonds. The zero-order chi connectivity index (χ0) is 15.3. The van der Waals surface area contributed by atoms with Gasteiger partial charge < -0.3 is 10.1 Å². The molecule has 0 bridgehead atoms. The molecule has 0 saturated carbocycles. The zero-order valence-corrected chi connectivity index (χ0v) is 14.9. The molecule has 2 atom stereocenters. The van der Waals surface area contributed by atoms with E-state index in [-0.39, 0.29) is 5.54 Å². The summed E-state index contributed by atoms with van der Waals surface area (Å²) in [7, 11) is 2.08. The van der Waals surface area contributed by atoms with Crippen LogP contribution in [0.4, 0.5) is 0 Å². The average molecular weight is 355 g/mol. The number of benzene rings is 1. The smallest absolute Gasteiger partial charge is 0.0594 e. The third kappa shape index (κ3) is 3.86. The summed E-state index contributed by atoms with van der Waals surface area (Å²) in [5.41, 5.74) is 1.51. The van der Waals surface area contributed by atoms with E-state index >= 15 is 0 Å². The number of nitrogens with zero attached hydrogens (tertiary/aromatic N) is 1. The Morgan fingerprint density at radius 1 is 1.33 bits per heavy atom. The van der Waals surface area contributed by atoms with E-state index in [0.717, 1.165) is 39.1 Å². The average Bonchev–Trinajstić information content (AvgIpc) is 2.54. The molecule has 1 heterocycles. The highest BCUT2D eigenvalue weighted by molar-refractivity contribution is 9.10. The first-order chi connectivity index (χ1) is 10.1. The van der Waals surface area contributed by atoms with Crippen molar-refractivity contribution in [1.82, 2.24) is 10.2 Å². The molecule has 4 heteroatoms. The second kappa shape index (κ2) is 7.73. The van der Waals surface area contributed by atoms with Crippen LogP contribution in [0.2, 0.25) is 0 Å². The minimum atomic E-state index is 0.147. The van der Waals surface area contributed by atoms with E-state index in [4.69, 9.17) is 4.74 Å². The highest BCUT2D eigenvalue weighted by Crippen LogP contribution is 2.28. The van der Waals surface area contributed by atoms with Crippen molar-refractivity contribution in [2.24, 2.45) is 0 Å². The van der Waals surface area contributed by atoms with Crippen LogP contribution in [0.1, 0.15) is 25.8 Å². The minimum absolute atomic E-state index is 0.147. The lowest BCUT2D eigenvalue weighted by atomic mass is 9.83. The molecule has 0 radical (unpaired) electrons. The van der Waals surface area contributed by atoms with Crippen molar-refractivity contribution >= 4 is 15.9 Å². The molecule has 1 aromatic carbocycles. The van der Waals surface area contributed by atoms with Gasteiger partial charge in [0.2, 0.25) is 0 Å². The van der Waals surface area contributed by atoms with Crippen molar-refractivity contribution in [3.8, 4) is 0 Å². The number of rotatable bonds is 6. The standard InChI is InChI=1S/C17H27BrN2O/c1-4-17(2,20-9-11-21-12-10-20)16(19-3)13-14-7-5-6-8-15(14)18/h5-8,16,19H,4,9-13H2,1-3H3. The zero-order valence-electron chi connectivity index (χ0n) is 13.4. The van der Waals surface area contributed by atoms with Crippen molar-refractivity contribution in [2.75, 3.05) is 33.4 Å². The number of hydrogen-bond acceptors (Lipinski definition) is 3. The van der Waals surface area contributed by atoms with E-state index in [0.29, 0.717) is 6.04 Å². The molecule has 1 aliphatic heterocycles. The monoisotopic (exact) mass is 354 g/mol. The van der Waals surface area contributed by atoms with Gasteiger partial charge >= 0.3 is 0 Å². The second-order valence-electron chi connectivity index (χ2n) is 5.95. The van der Waals surface area contributed by atoms with Gasteiger partial charge in [-0.25, -0.2) is 0 Å². The molecule has 1 saturated heterocycles. The molecule has 118 valence electrons. The largest absolute Gasteiger partial charge is 0.379 e. The third-order valence-corrected chi connectivity index (χ3v) is 5.70. The van der Waals surface area contributed by atoms with Crippen LogP contribution in [0.5, 0.6) is 0 Å². The predicted octanol–water partition coefficient (Wildman–Crippen LogP) is 3.08. The Labute approximate surface area is 137 Å². The molecule has 0 aliphatic carbocycles. The summed E-state index contributed by atoms with van der Waals surface area (Å²) in [5, 5.41) is 3.56. The highest BCUT2D eigenvalue weighted by Gasteiger charge is 2.38. The van der Waals surface area contributed by atoms with Crippen molar-refractivity contribution < 1.29 is 4.74 Å². The van der Waals surface area contributed by atoms with E-state index in [2.05, 4.69) is 71.3 Å². The van der Waals surface area contributed by atoms with Crippen molar-refractivity contribution in [3.05, 3.63) is 34.3 Å². The first-order valence-electron chi connectivity index (χ1n) is 7.85. The number of halogens is 1. The van der Waals surface area contributed by atoms with E-state index in [1.807, 2.05) is 0 Å². The van der Waals surface area contributed by atoms with Crippen LogP contribution in [0, 0.1) is 0 Å². The molecule has 1 fully saturated rings. The highest BCUT2D eigenvalue weighted by atomic mass is 79.9. The van der Waals surface area contributed by atoms with Crippen molar-refractivity contribution in [2.45, 2.75) is 38.3 Å². The van der Waals surface area contributed by atoms with Gasteiger partial charge in [-0.3, -0.25) is 4.90 Å². The molecular weight excluding hydrogens is 328 g/mol. The molecular formula is C17H27BrN2O. The van der Waals surface area contributed by atoms with Crippen LogP contribution in [0.15, 0.2) is 28.7 Å². The second-order valence-corrected chi connectivity index (χ2v) is 6.80. The van der Waals surface area contributed by atoms with Crippen molar-refractivity contribution in [1.29, 1.82) is 0 Å². The normalized spacial score (nSPS) is 21.0. The summed E-state index contributed by atoms with van der Waals surface area (Å²) in [6.07, 6.45) is 2.16. The molecule has 1 aromatic rings. The Balaban J connectivity index is 2.18. The lowest BCUT2D eigenvalue weighted by molar-refractivity contribution is -0.0313. The van der Waals surface area contributed by atoms with Gasteiger partial charge in [0.1, 0.15) is 0 Å². The lowest BCUT2D eigenvalue weighted by Gasteiger charge is -2.48. The fraction of sp³-hybridized carbons (Fsp3) is 0.647. The Kier molecular flexibility index (Phi) is 6.23. The summed E-state index contributed by atoms with van der Waals surface area (Å²) >= 11 is 3.68. The van der Waals surface area contributed by atoms with Crippen LogP contribution in [-0.2, 0) is 11.2 Å². The summed E-state index contributed by atoms with van der Waals surface area (Å²) in [6, 6.07) is 8.94. The van der Waals surface area contributed by atoms with Crippen molar-refractivity contribution in [3.63, 3.8) is 0 Å². The molecule has 1 N–H and O–H groups in total. The van der Waals surface area contributed by atoms with Crippen LogP contribution >= 0.6 is 15.9 Å². The van der Waals surface area contributed by atoms with E-state index in [1.54, 1.807) is 0 Å². The van der Waals surface area contributed by atoms with Crippen LogP contribution < -0.4 is 5.32 Å². The van der Waals surface area contributed by atoms with Gasteiger partial charge in [0.15, 0.2) is 0 Å². The summed E-state index contributed by atoms with van der Waals surface area (Å²) in [6.45, 7) is 8.43. The Morgan fingerprint density at radius 3 is 2.57 bits per heavy atom. The van der Waals surface area contributed by atoms with Crippen LogP contribution in [-0.4, -0.2) is 49.8 Å². The molecule has 0 spiro atoms. The maximum atomic E-state index is 5.52. The molecule has 2 unspecified atom stereocenters. The lowest BCUT2D eigenvalue weighted by Crippen LogP contribution is -2.62. The van der Waals surface area contributed by atoms with E-state index < -0.39 is 0 Å². The predicted molar refractivity (Wildman–Crippen MR) is 91.8 cm³/mol.